The van der Waals surface area contributed by atoms with Crippen molar-refractivity contribution in [3.63, 3.8) is 0 Å². The molecule has 5 nitrogen and oxygen atoms in total. The zero-order chi connectivity index (χ0) is 11.0. The van der Waals surface area contributed by atoms with E-state index in [1.165, 1.54) is 0 Å². The molecule has 3 rings (SSSR count). The summed E-state index contributed by atoms with van der Waals surface area (Å²) in [6.07, 6.45) is 3.38. The SMILES string of the molecule is O=c1[nH]c(-c2cccnc2)nc2c1CNC2. The predicted molar refractivity (Wildman–Crippen MR) is 58.6 cm³/mol. The van der Waals surface area contributed by atoms with Gasteiger partial charge in [0.05, 0.1) is 11.3 Å². The molecule has 1 aliphatic heterocycles. The first-order valence-corrected chi connectivity index (χ1v) is 5.08. The van der Waals surface area contributed by atoms with E-state index in [0.29, 0.717) is 18.9 Å². The van der Waals surface area contributed by atoms with Crippen LogP contribution in [0.4, 0.5) is 0 Å². The maximum absolute atomic E-state index is 11.7. The molecule has 0 bridgehead atoms. The second-order valence-electron chi connectivity index (χ2n) is 3.69. The van der Waals surface area contributed by atoms with Crippen LogP contribution in [0, 0.1) is 0 Å². The first kappa shape index (κ1) is 9.23. The van der Waals surface area contributed by atoms with Crippen LogP contribution in [-0.2, 0) is 13.1 Å². The van der Waals surface area contributed by atoms with Crippen LogP contribution in [0.3, 0.4) is 0 Å². The van der Waals surface area contributed by atoms with Gasteiger partial charge < -0.3 is 10.3 Å². The quantitative estimate of drug-likeness (QED) is 0.722. The Labute approximate surface area is 91.6 Å². The summed E-state index contributed by atoms with van der Waals surface area (Å²) in [7, 11) is 0. The zero-order valence-corrected chi connectivity index (χ0v) is 8.53. The minimum atomic E-state index is -0.0612. The fourth-order valence-corrected chi connectivity index (χ4v) is 1.82. The van der Waals surface area contributed by atoms with Crippen LogP contribution in [0.2, 0.25) is 0 Å². The summed E-state index contributed by atoms with van der Waals surface area (Å²) in [5, 5.41) is 3.11. The smallest absolute Gasteiger partial charge is 0.255 e. The summed E-state index contributed by atoms with van der Waals surface area (Å²) in [5.74, 6) is 0.584. The molecule has 0 atom stereocenters. The van der Waals surface area contributed by atoms with Crippen molar-refractivity contribution < 1.29 is 0 Å². The molecule has 16 heavy (non-hydrogen) atoms. The van der Waals surface area contributed by atoms with Crippen LogP contribution < -0.4 is 10.9 Å². The molecule has 1 aliphatic rings. The number of nitrogens with one attached hydrogen (secondary N) is 2. The van der Waals surface area contributed by atoms with Crippen LogP contribution in [0.25, 0.3) is 11.4 Å². The lowest BCUT2D eigenvalue weighted by atomic mass is 10.2. The lowest BCUT2D eigenvalue weighted by Crippen LogP contribution is -2.15. The molecule has 0 aliphatic carbocycles. The molecule has 0 spiro atoms. The Hall–Kier alpha value is -2.01. The van der Waals surface area contributed by atoms with Crippen molar-refractivity contribution in [2.75, 3.05) is 0 Å². The third-order valence-electron chi connectivity index (χ3n) is 2.63. The minimum absolute atomic E-state index is 0.0612. The molecule has 80 valence electrons. The molecule has 0 radical (unpaired) electrons. The van der Waals surface area contributed by atoms with Crippen molar-refractivity contribution in [2.24, 2.45) is 0 Å². The van der Waals surface area contributed by atoms with Crippen LogP contribution >= 0.6 is 0 Å². The normalized spacial score (nSPS) is 13.8. The van der Waals surface area contributed by atoms with Gasteiger partial charge in [-0.25, -0.2) is 4.98 Å². The molecule has 3 heterocycles. The fourth-order valence-electron chi connectivity index (χ4n) is 1.82. The van der Waals surface area contributed by atoms with Crippen LogP contribution in [0.15, 0.2) is 29.3 Å². The highest BCUT2D eigenvalue weighted by Gasteiger charge is 2.16. The average molecular weight is 214 g/mol. The number of aromatic nitrogens is 3. The number of hydrogen-bond donors (Lipinski definition) is 2. The third-order valence-corrected chi connectivity index (χ3v) is 2.63. The minimum Gasteiger partial charge on any atom is -0.307 e. The Kier molecular flexibility index (Phi) is 2.04. The zero-order valence-electron chi connectivity index (χ0n) is 8.53. The number of hydrogen-bond acceptors (Lipinski definition) is 4. The largest absolute Gasteiger partial charge is 0.307 e. The van der Waals surface area contributed by atoms with Crippen molar-refractivity contribution in [2.45, 2.75) is 13.1 Å². The number of nitrogens with zero attached hydrogens (tertiary/aromatic N) is 2. The molecule has 0 saturated heterocycles. The van der Waals surface area contributed by atoms with Gasteiger partial charge in [0, 0.05) is 31.0 Å². The summed E-state index contributed by atoms with van der Waals surface area (Å²) in [6, 6.07) is 3.70. The molecule has 2 N–H and O–H groups in total. The van der Waals surface area contributed by atoms with E-state index in [1.54, 1.807) is 12.4 Å². The lowest BCUT2D eigenvalue weighted by molar-refractivity contribution is 0.757. The average Bonchev–Trinajstić information content (AvgIpc) is 2.79. The molecule has 0 fully saturated rings. The molecule has 0 unspecified atom stereocenters. The highest BCUT2D eigenvalue weighted by Crippen LogP contribution is 2.14. The maximum atomic E-state index is 11.7. The van der Waals surface area contributed by atoms with E-state index < -0.39 is 0 Å². The number of fused-ring (bicyclic) bond motifs is 1. The molecular weight excluding hydrogens is 204 g/mol. The molecule has 2 aromatic heterocycles. The Bertz CT molecular complexity index is 576. The summed E-state index contributed by atoms with van der Waals surface area (Å²) in [5.41, 5.74) is 2.35. The van der Waals surface area contributed by atoms with Gasteiger partial charge >= 0.3 is 0 Å². The second-order valence-corrected chi connectivity index (χ2v) is 3.69. The number of rotatable bonds is 1. The predicted octanol–water partition coefficient (Wildman–Crippen LogP) is 0.435. The molecule has 0 saturated carbocycles. The van der Waals surface area contributed by atoms with Gasteiger partial charge in [-0.15, -0.1) is 0 Å². The van der Waals surface area contributed by atoms with Crippen molar-refractivity contribution in [1.82, 2.24) is 20.3 Å². The molecule has 5 heteroatoms. The maximum Gasteiger partial charge on any atom is 0.255 e. The van der Waals surface area contributed by atoms with Crippen LogP contribution in [0.5, 0.6) is 0 Å². The lowest BCUT2D eigenvalue weighted by Gasteiger charge is -2.02. The van der Waals surface area contributed by atoms with Crippen molar-refractivity contribution in [3.8, 4) is 11.4 Å². The Morgan fingerprint density at radius 3 is 3.06 bits per heavy atom. The first-order valence-electron chi connectivity index (χ1n) is 5.08. The van der Waals surface area contributed by atoms with E-state index >= 15 is 0 Å². The highest BCUT2D eigenvalue weighted by molar-refractivity contribution is 5.53. The molecule has 2 aromatic rings. The summed E-state index contributed by atoms with van der Waals surface area (Å²) >= 11 is 0. The number of aromatic amines is 1. The van der Waals surface area contributed by atoms with E-state index in [0.717, 1.165) is 16.8 Å². The first-order chi connectivity index (χ1) is 7.84. The Morgan fingerprint density at radius 1 is 1.31 bits per heavy atom. The number of H-pyrrole nitrogens is 1. The van der Waals surface area contributed by atoms with Gasteiger partial charge in [0.1, 0.15) is 5.82 Å². The summed E-state index contributed by atoms with van der Waals surface area (Å²) < 4.78 is 0. The van der Waals surface area contributed by atoms with Crippen molar-refractivity contribution in [3.05, 3.63) is 46.1 Å². The van der Waals surface area contributed by atoms with E-state index in [2.05, 4.69) is 20.3 Å². The van der Waals surface area contributed by atoms with E-state index in [9.17, 15) is 4.79 Å². The highest BCUT2D eigenvalue weighted by atomic mass is 16.1. The van der Waals surface area contributed by atoms with E-state index in [-0.39, 0.29) is 5.56 Å². The van der Waals surface area contributed by atoms with Gasteiger partial charge in [-0.05, 0) is 12.1 Å². The summed E-state index contributed by atoms with van der Waals surface area (Å²) in [6.45, 7) is 1.26. The number of pyridine rings is 1. The second kappa shape index (κ2) is 3.53. The summed E-state index contributed by atoms with van der Waals surface area (Å²) in [4.78, 5) is 23.0. The standard InChI is InChI=1S/C11H10N4O/c16-11-8-5-13-6-9(8)14-10(15-11)7-2-1-3-12-4-7/h1-4,13H,5-6H2,(H,14,15,16). The van der Waals surface area contributed by atoms with Crippen LogP contribution in [0.1, 0.15) is 11.3 Å². The van der Waals surface area contributed by atoms with Crippen LogP contribution in [-0.4, -0.2) is 15.0 Å². The third kappa shape index (κ3) is 1.42. The van der Waals surface area contributed by atoms with Gasteiger partial charge in [-0.1, -0.05) is 0 Å². The van der Waals surface area contributed by atoms with E-state index in [4.69, 9.17) is 0 Å². The Balaban J connectivity index is 2.17. The topological polar surface area (TPSA) is 70.7 Å². The van der Waals surface area contributed by atoms with E-state index in [1.807, 2.05) is 12.1 Å². The van der Waals surface area contributed by atoms with Crippen molar-refractivity contribution >= 4 is 0 Å². The van der Waals surface area contributed by atoms with Gasteiger partial charge in [-0.2, -0.15) is 0 Å². The molecule has 0 amide bonds. The van der Waals surface area contributed by atoms with Gasteiger partial charge in [0.2, 0.25) is 0 Å². The Morgan fingerprint density at radius 2 is 2.25 bits per heavy atom. The monoisotopic (exact) mass is 214 g/mol. The van der Waals surface area contributed by atoms with Crippen molar-refractivity contribution in [1.29, 1.82) is 0 Å². The molecular formula is C11H10N4O. The fraction of sp³-hybridized carbons (Fsp3) is 0.182. The van der Waals surface area contributed by atoms with Gasteiger partial charge in [0.15, 0.2) is 0 Å². The van der Waals surface area contributed by atoms with Gasteiger partial charge in [-0.3, -0.25) is 9.78 Å². The molecule has 0 aromatic carbocycles. The van der Waals surface area contributed by atoms with Gasteiger partial charge in [0.25, 0.3) is 5.56 Å².